The van der Waals surface area contributed by atoms with Crippen molar-refractivity contribution >= 4 is 34.2 Å². The molecule has 0 aliphatic rings. The summed E-state index contributed by atoms with van der Waals surface area (Å²) in [7, 11) is 0. The lowest BCUT2D eigenvalue weighted by molar-refractivity contribution is 0.504. The van der Waals surface area contributed by atoms with Gasteiger partial charge >= 0.3 is 5.76 Å². The van der Waals surface area contributed by atoms with Crippen LogP contribution in [0.5, 0.6) is 0 Å². The number of hydrogen-bond donors (Lipinski definition) is 0. The zero-order chi connectivity index (χ0) is 15.1. The van der Waals surface area contributed by atoms with Crippen molar-refractivity contribution in [3.05, 3.63) is 72.9 Å². The van der Waals surface area contributed by atoms with E-state index in [4.69, 9.17) is 27.6 Å². The minimum absolute atomic E-state index is 0.0411. The van der Waals surface area contributed by atoms with Gasteiger partial charge in [0.25, 0.3) is 5.56 Å². The molecule has 0 radical (unpaired) electrons. The van der Waals surface area contributed by atoms with Gasteiger partial charge in [0, 0.05) is 5.02 Å². The zero-order valence-electron chi connectivity index (χ0n) is 10.9. The van der Waals surface area contributed by atoms with Crippen molar-refractivity contribution in [2.24, 2.45) is 0 Å². The van der Waals surface area contributed by atoms with Crippen molar-refractivity contribution in [2.45, 2.75) is 6.92 Å². The van der Waals surface area contributed by atoms with Crippen molar-refractivity contribution < 1.29 is 4.42 Å². The third kappa shape index (κ3) is 2.37. The van der Waals surface area contributed by atoms with E-state index < -0.39 is 11.3 Å². The number of halogens is 2. The summed E-state index contributed by atoms with van der Waals surface area (Å²) in [5.41, 5.74) is 0.967. The van der Waals surface area contributed by atoms with Gasteiger partial charge in [-0.05, 0) is 31.2 Å². The fraction of sp³-hybridized carbons (Fsp3) is 0.0667. The first-order valence-electron chi connectivity index (χ1n) is 6.09. The lowest BCUT2D eigenvalue weighted by Gasteiger charge is -2.06. The summed E-state index contributed by atoms with van der Waals surface area (Å²) in [5, 5.41) is 0.587. The topological polar surface area (TPSA) is 52.2 Å². The minimum atomic E-state index is -0.791. The second kappa shape index (κ2) is 5.06. The maximum Gasteiger partial charge on any atom is 0.427 e. The van der Waals surface area contributed by atoms with Gasteiger partial charge in [-0.15, -0.1) is 0 Å². The van der Waals surface area contributed by atoms with Crippen LogP contribution in [0.2, 0.25) is 10.0 Å². The molecule has 0 N–H and O–H groups in total. The molecule has 0 amide bonds. The van der Waals surface area contributed by atoms with Crippen LogP contribution in [0.1, 0.15) is 5.56 Å². The molecule has 0 fully saturated rings. The summed E-state index contributed by atoms with van der Waals surface area (Å²) < 4.78 is 6.11. The quantitative estimate of drug-likeness (QED) is 0.688. The molecule has 0 bridgehead atoms. The molecular weight excluding hydrogens is 313 g/mol. The second-order valence-electron chi connectivity index (χ2n) is 4.61. The van der Waals surface area contributed by atoms with Crippen LogP contribution in [-0.4, -0.2) is 4.57 Å². The molecule has 106 valence electrons. The molecule has 4 nitrogen and oxygen atoms in total. The minimum Gasteiger partial charge on any atom is -0.407 e. The second-order valence-corrected chi connectivity index (χ2v) is 5.45. The molecule has 0 saturated carbocycles. The molecule has 0 atom stereocenters. The lowest BCUT2D eigenvalue weighted by Crippen LogP contribution is -2.31. The smallest absolute Gasteiger partial charge is 0.407 e. The summed E-state index contributed by atoms with van der Waals surface area (Å²) in [6, 6.07) is 9.80. The first-order valence-corrected chi connectivity index (χ1v) is 6.85. The number of nitrogens with zero attached hydrogens (tertiary/aromatic N) is 1. The van der Waals surface area contributed by atoms with Gasteiger partial charge in [0.05, 0.1) is 16.1 Å². The maximum atomic E-state index is 12.5. The highest BCUT2D eigenvalue weighted by atomic mass is 35.5. The van der Waals surface area contributed by atoms with Crippen LogP contribution >= 0.6 is 23.2 Å². The van der Waals surface area contributed by atoms with E-state index in [0.29, 0.717) is 10.7 Å². The Morgan fingerprint density at radius 1 is 1.05 bits per heavy atom. The number of aromatic nitrogens is 1. The Kier molecular flexibility index (Phi) is 3.35. The van der Waals surface area contributed by atoms with Gasteiger partial charge in [-0.2, -0.15) is 0 Å². The Balaban J connectivity index is 2.42. The van der Waals surface area contributed by atoms with Crippen molar-refractivity contribution in [1.29, 1.82) is 0 Å². The standard InChI is InChI=1S/C15H9Cl2NO3/c1-8-2-4-10(5-3-8)18-14(19)11-6-9(16)7-12(17)13(11)21-15(18)20/h2-7H,1H3. The summed E-state index contributed by atoms with van der Waals surface area (Å²) in [4.78, 5) is 24.6. The summed E-state index contributed by atoms with van der Waals surface area (Å²) in [6.07, 6.45) is 0. The number of benzene rings is 2. The maximum absolute atomic E-state index is 12.5. The van der Waals surface area contributed by atoms with E-state index in [1.54, 1.807) is 24.3 Å². The lowest BCUT2D eigenvalue weighted by atomic mass is 10.2. The van der Waals surface area contributed by atoms with E-state index in [1.165, 1.54) is 12.1 Å². The largest absolute Gasteiger partial charge is 0.427 e. The molecule has 0 unspecified atom stereocenters. The first kappa shape index (κ1) is 13.9. The van der Waals surface area contributed by atoms with E-state index in [-0.39, 0.29) is 16.0 Å². The molecule has 21 heavy (non-hydrogen) atoms. The van der Waals surface area contributed by atoms with Crippen LogP contribution < -0.4 is 11.3 Å². The van der Waals surface area contributed by atoms with Gasteiger partial charge < -0.3 is 4.42 Å². The SMILES string of the molecule is Cc1ccc(-n2c(=O)oc3c(Cl)cc(Cl)cc3c2=O)cc1. The molecule has 2 aromatic carbocycles. The number of fused-ring (bicyclic) bond motifs is 1. The van der Waals surface area contributed by atoms with Crippen molar-refractivity contribution in [2.75, 3.05) is 0 Å². The molecule has 3 rings (SSSR count). The van der Waals surface area contributed by atoms with Crippen LogP contribution in [-0.2, 0) is 0 Å². The summed E-state index contributed by atoms with van der Waals surface area (Å²) in [5.74, 6) is -0.791. The summed E-state index contributed by atoms with van der Waals surface area (Å²) >= 11 is 11.9. The summed E-state index contributed by atoms with van der Waals surface area (Å²) in [6.45, 7) is 1.91. The number of aryl methyl sites for hydroxylation is 1. The monoisotopic (exact) mass is 321 g/mol. The molecule has 6 heteroatoms. The van der Waals surface area contributed by atoms with Crippen molar-refractivity contribution in [3.8, 4) is 5.69 Å². The Labute approximate surface area is 129 Å². The van der Waals surface area contributed by atoms with Crippen LogP contribution in [0.25, 0.3) is 16.7 Å². The normalized spacial score (nSPS) is 11.0. The van der Waals surface area contributed by atoms with Crippen molar-refractivity contribution in [1.82, 2.24) is 4.57 Å². The van der Waals surface area contributed by atoms with E-state index in [2.05, 4.69) is 0 Å². The predicted octanol–water partition coefficient (Wildman–Crippen LogP) is 3.56. The van der Waals surface area contributed by atoms with Gasteiger partial charge in [0.15, 0.2) is 5.58 Å². The average Bonchev–Trinajstić information content (AvgIpc) is 2.42. The fourth-order valence-electron chi connectivity index (χ4n) is 2.08. The Morgan fingerprint density at radius 3 is 2.38 bits per heavy atom. The number of hydrogen-bond acceptors (Lipinski definition) is 3. The first-order chi connectivity index (χ1) is 9.97. The highest BCUT2D eigenvalue weighted by molar-refractivity contribution is 6.38. The molecule has 1 aromatic heterocycles. The van der Waals surface area contributed by atoms with Crippen LogP contribution in [0.3, 0.4) is 0 Å². The van der Waals surface area contributed by atoms with Gasteiger partial charge in [0.2, 0.25) is 0 Å². The highest BCUT2D eigenvalue weighted by Gasteiger charge is 2.14. The molecule has 0 saturated heterocycles. The van der Waals surface area contributed by atoms with Gasteiger partial charge in [-0.1, -0.05) is 40.9 Å². The molecule has 0 spiro atoms. The van der Waals surface area contributed by atoms with Gasteiger partial charge in [-0.25, -0.2) is 9.36 Å². The average molecular weight is 322 g/mol. The molecular formula is C15H9Cl2NO3. The Morgan fingerprint density at radius 2 is 1.71 bits per heavy atom. The molecule has 0 aliphatic carbocycles. The van der Waals surface area contributed by atoms with E-state index in [9.17, 15) is 9.59 Å². The third-order valence-electron chi connectivity index (χ3n) is 3.11. The van der Waals surface area contributed by atoms with Crippen LogP contribution in [0.15, 0.2) is 50.4 Å². The Hall–Kier alpha value is -2.04. The highest BCUT2D eigenvalue weighted by Crippen LogP contribution is 2.25. The molecule has 1 heterocycles. The van der Waals surface area contributed by atoms with E-state index in [0.717, 1.165) is 10.1 Å². The van der Waals surface area contributed by atoms with Gasteiger partial charge in [-0.3, -0.25) is 4.79 Å². The van der Waals surface area contributed by atoms with Crippen LogP contribution in [0, 0.1) is 6.92 Å². The fourth-order valence-corrected chi connectivity index (χ4v) is 2.61. The van der Waals surface area contributed by atoms with Crippen LogP contribution in [0.4, 0.5) is 0 Å². The predicted molar refractivity (Wildman–Crippen MR) is 82.8 cm³/mol. The third-order valence-corrected chi connectivity index (χ3v) is 3.60. The molecule has 3 aromatic rings. The zero-order valence-corrected chi connectivity index (χ0v) is 12.4. The van der Waals surface area contributed by atoms with Gasteiger partial charge in [0.1, 0.15) is 0 Å². The molecule has 0 aliphatic heterocycles. The number of rotatable bonds is 1. The van der Waals surface area contributed by atoms with E-state index in [1.807, 2.05) is 6.92 Å². The Bertz CT molecular complexity index is 956. The van der Waals surface area contributed by atoms with Crippen molar-refractivity contribution in [3.63, 3.8) is 0 Å². The van der Waals surface area contributed by atoms with E-state index >= 15 is 0 Å².